The maximum absolute atomic E-state index is 11.9. The monoisotopic (exact) mass is 393 g/mol. The Morgan fingerprint density at radius 1 is 1.08 bits per heavy atom. The number of carboxylic acid groups (broad SMARTS) is 1. The Balaban J connectivity index is 1.61. The van der Waals surface area contributed by atoms with E-state index in [-0.39, 0.29) is 12.5 Å². The summed E-state index contributed by atoms with van der Waals surface area (Å²) in [4.78, 5) is 23.4. The maximum atomic E-state index is 11.9. The smallest absolute Gasteiger partial charge is 0.341 e. The minimum atomic E-state index is -1.01. The number of carbonyl (C=O) groups is 2. The first-order valence-corrected chi connectivity index (χ1v) is 9.48. The van der Waals surface area contributed by atoms with Gasteiger partial charge in [-0.1, -0.05) is 23.7 Å². The number of halogens is 1. The first-order valence-electron chi connectivity index (χ1n) is 8.11. The summed E-state index contributed by atoms with van der Waals surface area (Å²) < 4.78 is 5.07. The van der Waals surface area contributed by atoms with Gasteiger partial charge in [-0.25, -0.2) is 4.79 Å². The van der Waals surface area contributed by atoms with E-state index in [1.54, 1.807) is 23.9 Å². The number of thioether (sulfide) groups is 1. The summed E-state index contributed by atoms with van der Waals surface area (Å²) in [6, 6.07) is 14.7. The van der Waals surface area contributed by atoms with Crippen LogP contribution >= 0.6 is 23.4 Å². The van der Waals surface area contributed by atoms with E-state index in [9.17, 15) is 9.59 Å². The number of nitrogens with one attached hydrogen (secondary N) is 1. The lowest BCUT2D eigenvalue weighted by molar-refractivity contribution is -0.139. The lowest BCUT2D eigenvalue weighted by atomic mass is 10.1. The molecule has 0 aliphatic carbocycles. The van der Waals surface area contributed by atoms with E-state index < -0.39 is 5.97 Å². The molecule has 0 radical (unpaired) electrons. The van der Waals surface area contributed by atoms with Gasteiger partial charge in [-0.2, -0.15) is 0 Å². The second-order valence-corrected chi connectivity index (χ2v) is 7.08. The number of carbonyl (C=O) groups excluding carboxylic acids is 1. The van der Waals surface area contributed by atoms with Crippen LogP contribution in [0.15, 0.2) is 53.4 Å². The highest BCUT2D eigenvalue weighted by atomic mass is 35.5. The third-order valence-electron chi connectivity index (χ3n) is 3.43. The molecular weight excluding hydrogens is 374 g/mol. The summed E-state index contributed by atoms with van der Waals surface area (Å²) in [6.45, 7) is 0.198. The topological polar surface area (TPSA) is 75.6 Å². The van der Waals surface area contributed by atoms with Crippen molar-refractivity contribution in [3.05, 3.63) is 59.1 Å². The highest BCUT2D eigenvalue weighted by Gasteiger charge is 2.03. The zero-order chi connectivity index (χ0) is 18.8. The highest BCUT2D eigenvalue weighted by molar-refractivity contribution is 7.99. The van der Waals surface area contributed by atoms with Crippen LogP contribution in [0.4, 0.5) is 0 Å². The summed E-state index contributed by atoms with van der Waals surface area (Å²) >= 11 is 7.46. The third kappa shape index (κ3) is 7.80. The molecule has 5 nitrogen and oxygen atoms in total. The van der Waals surface area contributed by atoms with Crippen LogP contribution in [0, 0.1) is 0 Å². The van der Waals surface area contributed by atoms with Gasteiger partial charge in [0, 0.05) is 28.6 Å². The van der Waals surface area contributed by atoms with Crippen molar-refractivity contribution in [2.24, 2.45) is 0 Å². The Kier molecular flexibility index (Phi) is 8.31. The molecule has 2 aromatic carbocycles. The summed E-state index contributed by atoms with van der Waals surface area (Å²) in [6.07, 6.45) is 1.16. The van der Waals surface area contributed by atoms with Gasteiger partial charge in [0.05, 0.1) is 0 Å². The SMILES string of the molecule is O=C(O)COc1ccc(CCNC(=O)CCSc2ccc(Cl)cc2)cc1. The number of rotatable bonds is 10. The van der Waals surface area contributed by atoms with Crippen molar-refractivity contribution in [2.45, 2.75) is 17.7 Å². The van der Waals surface area contributed by atoms with Crippen LogP contribution in [0.25, 0.3) is 0 Å². The largest absolute Gasteiger partial charge is 0.482 e. The van der Waals surface area contributed by atoms with E-state index in [4.69, 9.17) is 21.4 Å². The van der Waals surface area contributed by atoms with E-state index in [1.807, 2.05) is 36.4 Å². The second-order valence-electron chi connectivity index (χ2n) is 5.48. The van der Waals surface area contributed by atoms with Crippen molar-refractivity contribution in [3.63, 3.8) is 0 Å². The fourth-order valence-electron chi connectivity index (χ4n) is 2.12. The number of hydrogen-bond acceptors (Lipinski definition) is 4. The van der Waals surface area contributed by atoms with E-state index in [0.29, 0.717) is 35.9 Å². The van der Waals surface area contributed by atoms with E-state index >= 15 is 0 Å². The first kappa shape index (κ1) is 20.1. The molecule has 0 spiro atoms. The zero-order valence-corrected chi connectivity index (χ0v) is 15.7. The van der Waals surface area contributed by atoms with Crippen molar-refractivity contribution in [1.82, 2.24) is 5.32 Å². The van der Waals surface area contributed by atoms with Crippen molar-refractivity contribution >= 4 is 35.2 Å². The van der Waals surface area contributed by atoms with Crippen molar-refractivity contribution in [2.75, 3.05) is 18.9 Å². The molecule has 26 heavy (non-hydrogen) atoms. The van der Waals surface area contributed by atoms with Crippen LogP contribution in [0.1, 0.15) is 12.0 Å². The van der Waals surface area contributed by atoms with Crippen molar-refractivity contribution in [3.8, 4) is 5.75 Å². The Labute approximate surface area is 161 Å². The first-order chi connectivity index (χ1) is 12.5. The van der Waals surface area contributed by atoms with Crippen molar-refractivity contribution in [1.29, 1.82) is 0 Å². The molecule has 138 valence electrons. The number of hydrogen-bond donors (Lipinski definition) is 2. The number of ether oxygens (including phenoxy) is 1. The van der Waals surface area contributed by atoms with Gasteiger partial charge < -0.3 is 15.2 Å². The van der Waals surface area contributed by atoms with E-state index in [2.05, 4.69) is 5.32 Å². The maximum Gasteiger partial charge on any atom is 0.341 e. The van der Waals surface area contributed by atoms with Gasteiger partial charge in [-0.05, 0) is 48.4 Å². The highest BCUT2D eigenvalue weighted by Crippen LogP contribution is 2.20. The Morgan fingerprint density at radius 3 is 2.42 bits per heavy atom. The Hall–Kier alpha value is -2.18. The molecule has 2 rings (SSSR count). The number of amides is 1. The van der Waals surface area contributed by atoms with Crippen LogP contribution in [-0.2, 0) is 16.0 Å². The lowest BCUT2D eigenvalue weighted by Gasteiger charge is -2.07. The van der Waals surface area contributed by atoms with Gasteiger partial charge in [0.2, 0.25) is 5.91 Å². The Morgan fingerprint density at radius 2 is 1.77 bits per heavy atom. The van der Waals surface area contributed by atoms with E-state index in [1.165, 1.54) is 0 Å². The van der Waals surface area contributed by atoms with Gasteiger partial charge >= 0.3 is 5.97 Å². The predicted molar refractivity (Wildman–Crippen MR) is 103 cm³/mol. The van der Waals surface area contributed by atoms with Crippen LogP contribution in [0.5, 0.6) is 5.75 Å². The predicted octanol–water partition coefficient (Wildman–Crippen LogP) is 3.64. The summed E-state index contributed by atoms with van der Waals surface area (Å²) in [5, 5.41) is 12.2. The molecule has 0 saturated heterocycles. The average Bonchev–Trinajstić information content (AvgIpc) is 2.63. The molecule has 0 saturated carbocycles. The van der Waals surface area contributed by atoms with Gasteiger partial charge in [0.25, 0.3) is 0 Å². The summed E-state index contributed by atoms with van der Waals surface area (Å²) in [5.74, 6) is 0.238. The zero-order valence-electron chi connectivity index (χ0n) is 14.1. The number of carboxylic acids is 1. The van der Waals surface area contributed by atoms with Crippen LogP contribution in [-0.4, -0.2) is 35.9 Å². The molecule has 0 fully saturated rings. The number of aliphatic carboxylic acids is 1. The standard InChI is InChI=1S/C19H20ClNO4S/c20-15-3-7-17(8-4-15)26-12-10-18(22)21-11-9-14-1-5-16(6-2-14)25-13-19(23)24/h1-8H,9-13H2,(H,21,22)(H,23,24). The minimum absolute atomic E-state index is 0.0212. The minimum Gasteiger partial charge on any atom is -0.482 e. The molecule has 0 aliphatic heterocycles. The molecule has 0 aromatic heterocycles. The summed E-state index contributed by atoms with van der Waals surface area (Å²) in [7, 11) is 0. The average molecular weight is 394 g/mol. The molecule has 0 aliphatic rings. The van der Waals surface area contributed by atoms with Crippen LogP contribution in [0.3, 0.4) is 0 Å². The van der Waals surface area contributed by atoms with Gasteiger partial charge in [-0.15, -0.1) is 11.8 Å². The normalized spacial score (nSPS) is 10.3. The summed E-state index contributed by atoms with van der Waals surface area (Å²) in [5.41, 5.74) is 1.04. The molecule has 0 bridgehead atoms. The van der Waals surface area contributed by atoms with Gasteiger partial charge in [0.1, 0.15) is 5.75 Å². The third-order valence-corrected chi connectivity index (χ3v) is 4.70. The molecule has 2 aromatic rings. The van der Waals surface area contributed by atoms with Gasteiger partial charge in [0.15, 0.2) is 6.61 Å². The molecule has 0 unspecified atom stereocenters. The molecule has 2 N–H and O–H groups in total. The molecule has 0 heterocycles. The number of benzene rings is 2. The molecule has 0 atom stereocenters. The van der Waals surface area contributed by atoms with Crippen LogP contribution in [0.2, 0.25) is 5.02 Å². The Bertz CT molecular complexity index is 719. The molecular formula is C19H20ClNO4S. The second kappa shape index (κ2) is 10.7. The fraction of sp³-hybridized carbons (Fsp3) is 0.263. The van der Waals surface area contributed by atoms with E-state index in [0.717, 1.165) is 10.5 Å². The van der Waals surface area contributed by atoms with Gasteiger partial charge in [-0.3, -0.25) is 4.79 Å². The van der Waals surface area contributed by atoms with Crippen LogP contribution < -0.4 is 10.1 Å². The lowest BCUT2D eigenvalue weighted by Crippen LogP contribution is -2.25. The molecule has 1 amide bonds. The molecule has 7 heteroatoms. The quantitative estimate of drug-likeness (QED) is 0.602. The van der Waals surface area contributed by atoms with Crippen molar-refractivity contribution < 1.29 is 19.4 Å². The fourth-order valence-corrected chi connectivity index (χ4v) is 3.10.